The van der Waals surface area contributed by atoms with Crippen LogP contribution in [0.15, 0.2) is 24.7 Å². The highest BCUT2D eigenvalue weighted by Gasteiger charge is 1.96. The molecule has 0 N–H and O–H groups in total. The van der Waals surface area contributed by atoms with Crippen LogP contribution in [0.4, 0.5) is 0 Å². The molecular formula is C7H7N3S. The van der Waals surface area contributed by atoms with Crippen LogP contribution >= 0.6 is 11.9 Å². The van der Waals surface area contributed by atoms with Crippen LogP contribution in [-0.4, -0.2) is 20.4 Å². The Morgan fingerprint density at radius 3 is 3.18 bits per heavy atom. The molecule has 0 aromatic carbocycles. The second-order valence-electron chi connectivity index (χ2n) is 2.15. The lowest BCUT2D eigenvalue weighted by Gasteiger charge is -1.86. The van der Waals surface area contributed by atoms with E-state index in [2.05, 4.69) is 10.1 Å². The average molecular weight is 165 g/mol. The summed E-state index contributed by atoms with van der Waals surface area (Å²) >= 11 is 1.57. The SMILES string of the molecule is CSn1cc2cnccc2n1. The Morgan fingerprint density at radius 2 is 2.45 bits per heavy atom. The molecule has 2 aromatic heterocycles. The minimum atomic E-state index is 0.995. The average Bonchev–Trinajstić information content (AvgIpc) is 2.46. The van der Waals surface area contributed by atoms with Crippen molar-refractivity contribution < 1.29 is 0 Å². The van der Waals surface area contributed by atoms with E-state index in [1.165, 1.54) is 0 Å². The lowest BCUT2D eigenvalue weighted by Crippen LogP contribution is -1.81. The van der Waals surface area contributed by atoms with Crippen molar-refractivity contribution in [3.05, 3.63) is 24.7 Å². The molecule has 0 amide bonds. The summed E-state index contributed by atoms with van der Waals surface area (Å²) in [4.78, 5) is 4.00. The molecule has 0 unspecified atom stereocenters. The van der Waals surface area contributed by atoms with Crippen molar-refractivity contribution >= 4 is 22.9 Å². The van der Waals surface area contributed by atoms with Crippen molar-refractivity contribution in [2.45, 2.75) is 0 Å². The molecule has 0 aliphatic heterocycles. The maximum absolute atomic E-state index is 4.27. The molecule has 4 heteroatoms. The topological polar surface area (TPSA) is 30.7 Å². The predicted molar refractivity (Wildman–Crippen MR) is 46.4 cm³/mol. The molecule has 0 spiro atoms. The van der Waals surface area contributed by atoms with E-state index >= 15 is 0 Å². The number of rotatable bonds is 1. The summed E-state index contributed by atoms with van der Waals surface area (Å²) in [6.45, 7) is 0. The van der Waals surface area contributed by atoms with Crippen molar-refractivity contribution in [1.82, 2.24) is 14.2 Å². The van der Waals surface area contributed by atoms with Gasteiger partial charge >= 0.3 is 0 Å². The first kappa shape index (κ1) is 6.67. The summed E-state index contributed by atoms with van der Waals surface area (Å²) in [6.07, 6.45) is 7.52. The number of aromatic nitrogens is 3. The minimum Gasteiger partial charge on any atom is -0.264 e. The molecule has 2 aromatic rings. The number of nitrogens with zero attached hydrogens (tertiary/aromatic N) is 3. The molecule has 0 atom stereocenters. The molecule has 0 radical (unpaired) electrons. The lowest BCUT2D eigenvalue weighted by atomic mass is 10.3. The van der Waals surface area contributed by atoms with Crippen LogP contribution in [-0.2, 0) is 0 Å². The molecule has 0 saturated heterocycles. The van der Waals surface area contributed by atoms with E-state index in [1.807, 2.05) is 28.8 Å². The minimum absolute atomic E-state index is 0.995. The number of hydrogen-bond donors (Lipinski definition) is 0. The molecule has 0 fully saturated rings. The van der Waals surface area contributed by atoms with Gasteiger partial charge in [-0.05, 0) is 18.0 Å². The van der Waals surface area contributed by atoms with Crippen molar-refractivity contribution in [3.8, 4) is 0 Å². The monoisotopic (exact) mass is 165 g/mol. The van der Waals surface area contributed by atoms with Gasteiger partial charge in [-0.1, -0.05) is 0 Å². The van der Waals surface area contributed by atoms with E-state index in [9.17, 15) is 0 Å². The summed E-state index contributed by atoms with van der Waals surface area (Å²) in [5.41, 5.74) is 0.995. The first-order chi connectivity index (χ1) is 5.40. The fourth-order valence-electron chi connectivity index (χ4n) is 0.937. The highest BCUT2D eigenvalue weighted by atomic mass is 32.2. The summed E-state index contributed by atoms with van der Waals surface area (Å²) < 4.78 is 1.83. The Labute approximate surface area is 68.6 Å². The molecule has 56 valence electrons. The second-order valence-corrected chi connectivity index (χ2v) is 2.89. The summed E-state index contributed by atoms with van der Waals surface area (Å²) in [7, 11) is 0. The largest absolute Gasteiger partial charge is 0.264 e. The van der Waals surface area contributed by atoms with E-state index < -0.39 is 0 Å². The van der Waals surface area contributed by atoms with Crippen LogP contribution in [0.2, 0.25) is 0 Å². The van der Waals surface area contributed by atoms with E-state index in [4.69, 9.17) is 0 Å². The predicted octanol–water partition coefficient (Wildman–Crippen LogP) is 1.56. The molecule has 0 aliphatic rings. The van der Waals surface area contributed by atoms with E-state index in [1.54, 1.807) is 18.1 Å². The zero-order chi connectivity index (χ0) is 7.68. The van der Waals surface area contributed by atoms with Gasteiger partial charge in [-0.2, -0.15) is 5.10 Å². The van der Waals surface area contributed by atoms with Crippen molar-refractivity contribution in [3.63, 3.8) is 0 Å². The van der Waals surface area contributed by atoms with Crippen LogP contribution < -0.4 is 0 Å². The van der Waals surface area contributed by atoms with Gasteiger partial charge in [-0.25, -0.2) is 4.09 Å². The molecule has 0 saturated carbocycles. The lowest BCUT2D eigenvalue weighted by molar-refractivity contribution is 1.04. The molecule has 2 rings (SSSR count). The van der Waals surface area contributed by atoms with Gasteiger partial charge in [-0.15, -0.1) is 0 Å². The molecule has 2 heterocycles. The standard InChI is InChI=1S/C7H7N3S/c1-11-10-5-6-4-8-3-2-7(6)9-10/h2-5H,1H3. The maximum atomic E-state index is 4.27. The van der Waals surface area contributed by atoms with E-state index in [-0.39, 0.29) is 0 Å². The quantitative estimate of drug-likeness (QED) is 0.642. The Balaban J connectivity index is 2.69. The van der Waals surface area contributed by atoms with Gasteiger partial charge < -0.3 is 0 Å². The maximum Gasteiger partial charge on any atom is 0.0964 e. The van der Waals surface area contributed by atoms with Crippen LogP contribution in [0.5, 0.6) is 0 Å². The second kappa shape index (κ2) is 2.54. The third-order valence-electron chi connectivity index (χ3n) is 1.47. The highest BCUT2D eigenvalue weighted by Crippen LogP contribution is 2.11. The highest BCUT2D eigenvalue weighted by molar-refractivity contribution is 7.97. The van der Waals surface area contributed by atoms with Gasteiger partial charge in [0.1, 0.15) is 0 Å². The smallest absolute Gasteiger partial charge is 0.0964 e. The molecule has 0 aliphatic carbocycles. The number of hydrogen-bond acceptors (Lipinski definition) is 3. The Morgan fingerprint density at radius 1 is 1.55 bits per heavy atom. The van der Waals surface area contributed by atoms with Gasteiger partial charge in [0.2, 0.25) is 0 Å². The van der Waals surface area contributed by atoms with Crippen molar-refractivity contribution in [2.75, 3.05) is 6.26 Å². The fraction of sp³-hybridized carbons (Fsp3) is 0.143. The molecule has 11 heavy (non-hydrogen) atoms. The van der Waals surface area contributed by atoms with Gasteiger partial charge in [0.05, 0.1) is 5.52 Å². The first-order valence-electron chi connectivity index (χ1n) is 3.24. The van der Waals surface area contributed by atoms with Crippen LogP contribution in [0.3, 0.4) is 0 Å². The molecule has 0 bridgehead atoms. The van der Waals surface area contributed by atoms with Gasteiger partial charge in [-0.3, -0.25) is 4.98 Å². The van der Waals surface area contributed by atoms with Crippen LogP contribution in [0, 0.1) is 0 Å². The third kappa shape index (κ3) is 1.09. The van der Waals surface area contributed by atoms with Gasteiger partial charge in [0, 0.05) is 30.2 Å². The van der Waals surface area contributed by atoms with E-state index in [0.717, 1.165) is 10.9 Å². The summed E-state index contributed by atoms with van der Waals surface area (Å²) in [6, 6.07) is 1.90. The van der Waals surface area contributed by atoms with Crippen LogP contribution in [0.1, 0.15) is 0 Å². The summed E-state index contributed by atoms with van der Waals surface area (Å²) in [5, 5.41) is 5.36. The Hall–Kier alpha value is -1.03. The van der Waals surface area contributed by atoms with Crippen molar-refractivity contribution in [1.29, 1.82) is 0 Å². The van der Waals surface area contributed by atoms with Gasteiger partial charge in [0.15, 0.2) is 0 Å². The fourth-order valence-corrected chi connectivity index (χ4v) is 1.33. The molecular weight excluding hydrogens is 158 g/mol. The zero-order valence-corrected chi connectivity index (χ0v) is 6.88. The summed E-state index contributed by atoms with van der Waals surface area (Å²) in [5.74, 6) is 0. The molecule has 3 nitrogen and oxygen atoms in total. The number of fused-ring (bicyclic) bond motifs is 1. The third-order valence-corrected chi connectivity index (χ3v) is 2.03. The van der Waals surface area contributed by atoms with Crippen molar-refractivity contribution in [2.24, 2.45) is 0 Å². The van der Waals surface area contributed by atoms with E-state index in [0.29, 0.717) is 0 Å². The Bertz CT molecular complexity index is 335. The van der Waals surface area contributed by atoms with Crippen LogP contribution in [0.25, 0.3) is 10.9 Å². The zero-order valence-electron chi connectivity index (χ0n) is 6.06. The Kier molecular flexibility index (Phi) is 1.54. The normalized spacial score (nSPS) is 10.6. The number of pyridine rings is 1. The first-order valence-corrected chi connectivity index (χ1v) is 4.42. The van der Waals surface area contributed by atoms with Gasteiger partial charge in [0.25, 0.3) is 0 Å².